The average molecular weight is 884 g/mol. The third-order valence-electron chi connectivity index (χ3n) is 13.3. The molecule has 0 spiro atoms. The minimum absolute atomic E-state index is 0.488. The van der Waals surface area contributed by atoms with E-state index in [1.165, 1.54) is 27.1 Å². The number of allylic oxidation sites excluding steroid dienone is 4. The highest BCUT2D eigenvalue weighted by Crippen LogP contribution is 2.47. The van der Waals surface area contributed by atoms with E-state index in [1.807, 2.05) is 30.3 Å². The molecule has 0 aliphatic carbocycles. The zero-order chi connectivity index (χ0) is 46.0. The average Bonchev–Trinajstić information content (AvgIpc) is 4.08. The molecule has 4 aromatic heterocycles. The van der Waals surface area contributed by atoms with Crippen LogP contribution in [0.3, 0.4) is 0 Å². The summed E-state index contributed by atoms with van der Waals surface area (Å²) in [5.41, 5.74) is 14.9. The van der Waals surface area contributed by atoms with Crippen LogP contribution in [-0.2, 0) is 0 Å². The summed E-state index contributed by atoms with van der Waals surface area (Å²) in [4.78, 5) is 15.6. The van der Waals surface area contributed by atoms with Crippen LogP contribution in [0.2, 0.25) is 0 Å². The lowest BCUT2D eigenvalue weighted by atomic mass is 9.92. The van der Waals surface area contributed by atoms with Gasteiger partial charge < -0.3 is 13.6 Å². The van der Waals surface area contributed by atoms with E-state index in [0.29, 0.717) is 17.5 Å². The molecule has 0 saturated heterocycles. The largest absolute Gasteiger partial charge is 0.456 e. The Kier molecular flexibility index (Phi) is 9.37. The Labute approximate surface area is 397 Å². The molecule has 69 heavy (non-hydrogen) atoms. The van der Waals surface area contributed by atoms with Gasteiger partial charge in [0.05, 0.1) is 27.8 Å². The molecule has 4 heterocycles. The van der Waals surface area contributed by atoms with E-state index < -0.39 is 0 Å². The van der Waals surface area contributed by atoms with Crippen molar-refractivity contribution in [3.63, 3.8) is 0 Å². The second kappa shape index (κ2) is 16.2. The number of benzene rings is 9. The van der Waals surface area contributed by atoms with Gasteiger partial charge in [0, 0.05) is 65.8 Å². The summed E-state index contributed by atoms with van der Waals surface area (Å²) in [5.74, 6) is 1.53. The van der Waals surface area contributed by atoms with Gasteiger partial charge >= 0.3 is 0 Å². The van der Waals surface area contributed by atoms with Crippen molar-refractivity contribution in [1.29, 1.82) is 0 Å². The predicted molar refractivity (Wildman–Crippen MR) is 286 cm³/mol. The van der Waals surface area contributed by atoms with Gasteiger partial charge in [0.2, 0.25) is 0 Å². The second-order valence-electron chi connectivity index (χ2n) is 17.2. The summed E-state index contributed by atoms with van der Waals surface area (Å²) in [6.07, 6.45) is 5.37. The van der Waals surface area contributed by atoms with Crippen LogP contribution in [0, 0.1) is 0 Å². The third kappa shape index (κ3) is 6.45. The highest BCUT2D eigenvalue weighted by atomic mass is 16.3. The van der Waals surface area contributed by atoms with E-state index in [4.69, 9.17) is 19.4 Å². The summed E-state index contributed by atoms with van der Waals surface area (Å²) < 4.78 is 11.2. The molecule has 13 aromatic rings. The zero-order valence-corrected chi connectivity index (χ0v) is 37.4. The molecule has 0 bridgehead atoms. The zero-order valence-electron chi connectivity index (χ0n) is 37.4. The van der Waals surface area contributed by atoms with Crippen molar-refractivity contribution in [3.05, 3.63) is 243 Å². The Balaban J connectivity index is 1.12. The molecule has 0 amide bonds. The molecular weight excluding hydrogens is 843 g/mol. The van der Waals surface area contributed by atoms with Crippen molar-refractivity contribution in [2.45, 2.75) is 0 Å². The SMILES string of the molecule is C=C/C=C(\C=C)c1nc(-c2cc(-c3ccccc3)c(-n3c4ccccc4c4c5c6ccccc6n(-c6ccccc6)c5ccc43)c(-c3ccccc3)c2)nc(-c2ccc3c(c2)oc2ccccc23)n1. The minimum atomic E-state index is 0.488. The number of para-hydroxylation sites is 4. The summed E-state index contributed by atoms with van der Waals surface area (Å²) >= 11 is 0. The van der Waals surface area contributed by atoms with Gasteiger partial charge in [0.1, 0.15) is 11.2 Å². The summed E-state index contributed by atoms with van der Waals surface area (Å²) in [6.45, 7) is 8.13. The van der Waals surface area contributed by atoms with Crippen LogP contribution >= 0.6 is 0 Å². The molecule has 13 rings (SSSR count). The van der Waals surface area contributed by atoms with Gasteiger partial charge in [-0.15, -0.1) is 0 Å². The lowest BCUT2D eigenvalue weighted by Crippen LogP contribution is -2.05. The summed E-state index contributed by atoms with van der Waals surface area (Å²) in [5, 5.41) is 6.90. The van der Waals surface area contributed by atoms with Gasteiger partial charge in [-0.2, -0.15) is 0 Å². The van der Waals surface area contributed by atoms with Crippen LogP contribution in [-0.4, -0.2) is 24.1 Å². The Morgan fingerprint density at radius 2 is 0.942 bits per heavy atom. The molecule has 0 atom stereocenters. The lowest BCUT2D eigenvalue weighted by Gasteiger charge is -2.21. The smallest absolute Gasteiger partial charge is 0.164 e. The fourth-order valence-electron chi connectivity index (χ4n) is 10.3. The number of nitrogens with zero attached hydrogens (tertiary/aromatic N) is 5. The maximum absolute atomic E-state index is 6.36. The quantitative estimate of drug-likeness (QED) is 0.136. The number of hydrogen-bond donors (Lipinski definition) is 0. The summed E-state index contributed by atoms with van der Waals surface area (Å²) in [6, 6.07) is 72.9. The van der Waals surface area contributed by atoms with Crippen molar-refractivity contribution in [2.75, 3.05) is 0 Å². The Hall–Kier alpha value is -9.39. The van der Waals surface area contributed by atoms with E-state index in [1.54, 1.807) is 12.2 Å². The molecule has 0 N–H and O–H groups in total. The first-order valence-corrected chi connectivity index (χ1v) is 23.1. The van der Waals surface area contributed by atoms with E-state index in [-0.39, 0.29) is 0 Å². The van der Waals surface area contributed by atoms with Crippen LogP contribution in [0.5, 0.6) is 0 Å². The Bertz CT molecular complexity index is 4150. The first-order valence-electron chi connectivity index (χ1n) is 23.1. The number of aromatic nitrogens is 5. The highest BCUT2D eigenvalue weighted by molar-refractivity contribution is 6.29. The first kappa shape index (κ1) is 39.9. The molecule has 324 valence electrons. The fourth-order valence-corrected chi connectivity index (χ4v) is 10.3. The number of hydrogen-bond acceptors (Lipinski definition) is 4. The first-order chi connectivity index (χ1) is 34.1. The lowest BCUT2D eigenvalue weighted by molar-refractivity contribution is 0.669. The van der Waals surface area contributed by atoms with Crippen molar-refractivity contribution in [2.24, 2.45) is 0 Å². The maximum atomic E-state index is 6.36. The fraction of sp³-hybridized carbons (Fsp3) is 0. The number of furan rings is 1. The van der Waals surface area contributed by atoms with Crippen molar-refractivity contribution < 1.29 is 4.42 Å². The predicted octanol–water partition coefficient (Wildman–Crippen LogP) is 16.4. The van der Waals surface area contributed by atoms with Crippen molar-refractivity contribution >= 4 is 71.1 Å². The van der Waals surface area contributed by atoms with E-state index in [2.05, 4.69) is 204 Å². The molecule has 0 saturated carbocycles. The highest BCUT2D eigenvalue weighted by Gasteiger charge is 2.26. The van der Waals surface area contributed by atoms with Crippen molar-refractivity contribution in [1.82, 2.24) is 24.1 Å². The standard InChI is InChI=1S/C63H41N5O/c1-3-20-40(4-2)61-64-62(43-33-34-47-46-27-16-19-32-56(46)69-57(47)39-43)66-63(65-61)44-37-50(41-21-8-5-9-22-41)60(51(38-44)42-23-10-6-11-24-42)68-53-31-18-15-29-49(53)59-55(68)36-35-54-58(59)48-28-14-17-30-52(48)67(54)45-25-12-7-13-26-45/h3-39H,1-2H2/b40-20+. The number of rotatable bonds is 9. The van der Waals surface area contributed by atoms with E-state index in [0.717, 1.165) is 88.8 Å². The van der Waals surface area contributed by atoms with Gasteiger partial charge in [-0.05, 0) is 77.9 Å². The van der Waals surface area contributed by atoms with Crippen LogP contribution in [0.25, 0.3) is 128 Å². The molecule has 0 unspecified atom stereocenters. The molecule has 0 aliphatic heterocycles. The molecule has 0 aliphatic rings. The van der Waals surface area contributed by atoms with Crippen LogP contribution in [0.1, 0.15) is 5.82 Å². The Morgan fingerprint density at radius 3 is 1.57 bits per heavy atom. The van der Waals surface area contributed by atoms with Gasteiger partial charge in [0.15, 0.2) is 17.5 Å². The third-order valence-corrected chi connectivity index (χ3v) is 13.3. The topological polar surface area (TPSA) is 61.7 Å². The van der Waals surface area contributed by atoms with Gasteiger partial charge in [-0.25, -0.2) is 15.0 Å². The van der Waals surface area contributed by atoms with Gasteiger partial charge in [-0.1, -0.05) is 171 Å². The number of fused-ring (bicyclic) bond motifs is 10. The normalized spacial score (nSPS) is 12.0. The van der Waals surface area contributed by atoms with Gasteiger partial charge in [0.25, 0.3) is 0 Å². The summed E-state index contributed by atoms with van der Waals surface area (Å²) in [7, 11) is 0. The van der Waals surface area contributed by atoms with Crippen LogP contribution in [0.15, 0.2) is 242 Å². The molecule has 0 radical (unpaired) electrons. The van der Waals surface area contributed by atoms with Crippen LogP contribution in [0.4, 0.5) is 0 Å². The molecule has 6 heteroatoms. The van der Waals surface area contributed by atoms with E-state index >= 15 is 0 Å². The van der Waals surface area contributed by atoms with Crippen LogP contribution < -0.4 is 0 Å². The molecule has 6 nitrogen and oxygen atoms in total. The minimum Gasteiger partial charge on any atom is -0.456 e. The van der Waals surface area contributed by atoms with E-state index in [9.17, 15) is 0 Å². The van der Waals surface area contributed by atoms with Gasteiger partial charge in [-0.3, -0.25) is 0 Å². The molecule has 0 fully saturated rings. The maximum Gasteiger partial charge on any atom is 0.164 e. The Morgan fingerprint density at radius 1 is 0.420 bits per heavy atom. The second-order valence-corrected chi connectivity index (χ2v) is 17.2. The molecular formula is C63H41N5O. The monoisotopic (exact) mass is 883 g/mol. The molecule has 9 aromatic carbocycles. The van der Waals surface area contributed by atoms with Crippen molar-refractivity contribution in [3.8, 4) is 56.4 Å².